The molecule has 1 aromatic rings. The molecular formula is C8H11N4. The molecule has 0 spiro atoms. The molecule has 1 radical (unpaired) electrons. The summed E-state index contributed by atoms with van der Waals surface area (Å²) in [5, 5.41) is 3.28. The number of nitrogens with one attached hydrogen (secondary N) is 1. The van der Waals surface area contributed by atoms with Gasteiger partial charge in [-0.1, -0.05) is 0 Å². The van der Waals surface area contributed by atoms with Gasteiger partial charge in [0.25, 0.3) is 0 Å². The first-order chi connectivity index (χ1) is 5.97. The molecule has 0 aliphatic carbocycles. The minimum atomic E-state index is 0.815. The van der Waals surface area contributed by atoms with Crippen LogP contribution in [-0.4, -0.2) is 36.1 Å². The molecule has 2 heterocycles. The lowest BCUT2D eigenvalue weighted by atomic mass is 10.4. The van der Waals surface area contributed by atoms with Gasteiger partial charge in [-0.3, -0.25) is 0 Å². The van der Waals surface area contributed by atoms with E-state index >= 15 is 0 Å². The first kappa shape index (κ1) is 7.49. The largest absolute Gasteiger partial charge is 0.338 e. The van der Waals surface area contributed by atoms with E-state index in [-0.39, 0.29) is 0 Å². The highest BCUT2D eigenvalue weighted by Gasteiger charge is 2.11. The Morgan fingerprint density at radius 1 is 1.25 bits per heavy atom. The van der Waals surface area contributed by atoms with Gasteiger partial charge in [0, 0.05) is 44.6 Å². The number of aromatic nitrogens is 2. The van der Waals surface area contributed by atoms with E-state index in [0.29, 0.717) is 0 Å². The van der Waals surface area contributed by atoms with Crippen molar-refractivity contribution in [3.63, 3.8) is 0 Å². The first-order valence-corrected chi connectivity index (χ1v) is 4.10. The van der Waals surface area contributed by atoms with Crippen LogP contribution in [-0.2, 0) is 0 Å². The van der Waals surface area contributed by atoms with Crippen molar-refractivity contribution in [1.82, 2.24) is 15.3 Å². The van der Waals surface area contributed by atoms with E-state index in [1.54, 1.807) is 12.4 Å². The molecule has 0 bridgehead atoms. The second kappa shape index (κ2) is 3.49. The maximum absolute atomic E-state index is 4.13. The molecule has 4 heteroatoms. The number of piperazine rings is 1. The monoisotopic (exact) mass is 163 g/mol. The highest BCUT2D eigenvalue weighted by atomic mass is 15.3. The summed E-state index contributed by atoms with van der Waals surface area (Å²) in [5.41, 5.74) is 0. The first-order valence-electron chi connectivity index (χ1n) is 4.10. The normalized spacial score (nSPS) is 17.8. The maximum atomic E-state index is 4.13. The number of rotatable bonds is 1. The molecule has 4 nitrogen and oxygen atoms in total. The smallest absolute Gasteiger partial charge is 0.225 e. The third kappa shape index (κ3) is 1.53. The summed E-state index contributed by atoms with van der Waals surface area (Å²) in [6.07, 6.45) is 3.31. The number of hydrogen-bond donors (Lipinski definition) is 1. The van der Waals surface area contributed by atoms with Crippen LogP contribution in [0, 0.1) is 6.07 Å². The van der Waals surface area contributed by atoms with Gasteiger partial charge >= 0.3 is 0 Å². The molecule has 0 atom stereocenters. The van der Waals surface area contributed by atoms with Crippen molar-refractivity contribution < 1.29 is 0 Å². The minimum absolute atomic E-state index is 0.815. The summed E-state index contributed by atoms with van der Waals surface area (Å²) in [7, 11) is 0. The van der Waals surface area contributed by atoms with E-state index in [9.17, 15) is 0 Å². The van der Waals surface area contributed by atoms with Crippen LogP contribution in [0.1, 0.15) is 0 Å². The van der Waals surface area contributed by atoms with Crippen molar-refractivity contribution in [2.24, 2.45) is 0 Å². The molecule has 2 rings (SSSR count). The molecule has 12 heavy (non-hydrogen) atoms. The highest BCUT2D eigenvalue weighted by Crippen LogP contribution is 2.04. The zero-order chi connectivity index (χ0) is 8.23. The van der Waals surface area contributed by atoms with Gasteiger partial charge in [0.15, 0.2) is 0 Å². The SMILES string of the molecule is [c]1cnc(N2CCNCC2)nc1. The van der Waals surface area contributed by atoms with Gasteiger partial charge in [-0.25, -0.2) is 9.97 Å². The van der Waals surface area contributed by atoms with Crippen LogP contribution in [0.4, 0.5) is 5.95 Å². The van der Waals surface area contributed by atoms with Gasteiger partial charge in [0.1, 0.15) is 0 Å². The summed E-state index contributed by atoms with van der Waals surface area (Å²) < 4.78 is 0. The standard InChI is InChI=1S/C8H11N4/c1-2-10-8(11-3-1)12-6-4-9-5-7-12/h2-3,9H,4-7H2. The number of hydrogen-bond acceptors (Lipinski definition) is 4. The van der Waals surface area contributed by atoms with Crippen molar-refractivity contribution >= 4 is 5.95 Å². The van der Waals surface area contributed by atoms with Crippen molar-refractivity contribution in [3.05, 3.63) is 18.5 Å². The molecule has 1 aromatic heterocycles. The van der Waals surface area contributed by atoms with Gasteiger partial charge in [-0.2, -0.15) is 0 Å². The molecule has 1 fully saturated rings. The molecule has 0 unspecified atom stereocenters. The zero-order valence-corrected chi connectivity index (χ0v) is 6.82. The van der Waals surface area contributed by atoms with Gasteiger partial charge in [0.05, 0.1) is 0 Å². The van der Waals surface area contributed by atoms with Gasteiger partial charge in [0.2, 0.25) is 5.95 Å². The maximum Gasteiger partial charge on any atom is 0.225 e. The van der Waals surface area contributed by atoms with Gasteiger partial charge < -0.3 is 10.2 Å². The Kier molecular flexibility index (Phi) is 2.18. The fourth-order valence-corrected chi connectivity index (χ4v) is 1.28. The van der Waals surface area contributed by atoms with Crippen LogP contribution in [0.15, 0.2) is 12.4 Å². The summed E-state index contributed by atoms with van der Waals surface area (Å²) in [5.74, 6) is 0.815. The van der Waals surface area contributed by atoms with E-state index in [1.807, 2.05) is 0 Å². The molecule has 1 N–H and O–H groups in total. The Hall–Kier alpha value is -1.16. The fourth-order valence-electron chi connectivity index (χ4n) is 1.28. The van der Waals surface area contributed by atoms with Crippen LogP contribution in [0.5, 0.6) is 0 Å². The predicted molar refractivity (Wildman–Crippen MR) is 46.0 cm³/mol. The lowest BCUT2D eigenvalue weighted by Gasteiger charge is -2.26. The summed E-state index contributed by atoms with van der Waals surface area (Å²) >= 11 is 0. The van der Waals surface area contributed by atoms with Crippen LogP contribution in [0.3, 0.4) is 0 Å². The lowest BCUT2D eigenvalue weighted by Crippen LogP contribution is -2.44. The van der Waals surface area contributed by atoms with E-state index in [0.717, 1.165) is 32.1 Å². The molecule has 0 saturated carbocycles. The van der Waals surface area contributed by atoms with E-state index in [1.165, 1.54) is 0 Å². The van der Waals surface area contributed by atoms with Crippen molar-refractivity contribution in [2.45, 2.75) is 0 Å². The molecule has 1 aliphatic heterocycles. The topological polar surface area (TPSA) is 41.1 Å². The van der Waals surface area contributed by atoms with Crippen LogP contribution >= 0.6 is 0 Å². The average molecular weight is 163 g/mol. The van der Waals surface area contributed by atoms with E-state index < -0.39 is 0 Å². The summed E-state index contributed by atoms with van der Waals surface area (Å²) in [6, 6.07) is 2.81. The van der Waals surface area contributed by atoms with Crippen LogP contribution < -0.4 is 10.2 Å². The predicted octanol–water partition coefficient (Wildman–Crippen LogP) is -0.314. The van der Waals surface area contributed by atoms with Gasteiger partial charge in [-0.05, 0) is 0 Å². The lowest BCUT2D eigenvalue weighted by molar-refractivity contribution is 0.580. The van der Waals surface area contributed by atoms with Crippen LogP contribution in [0.2, 0.25) is 0 Å². The average Bonchev–Trinajstić information content (AvgIpc) is 2.21. The molecule has 1 aliphatic rings. The van der Waals surface area contributed by atoms with E-state index in [2.05, 4.69) is 26.3 Å². The quantitative estimate of drug-likeness (QED) is 0.616. The molecule has 0 amide bonds. The van der Waals surface area contributed by atoms with Crippen molar-refractivity contribution in [2.75, 3.05) is 31.1 Å². The molecular weight excluding hydrogens is 152 g/mol. The third-order valence-corrected chi connectivity index (χ3v) is 1.91. The summed E-state index contributed by atoms with van der Waals surface area (Å²) in [6.45, 7) is 4.01. The Morgan fingerprint density at radius 3 is 2.58 bits per heavy atom. The molecule has 0 aromatic carbocycles. The second-order valence-electron chi connectivity index (χ2n) is 2.72. The third-order valence-electron chi connectivity index (χ3n) is 1.91. The number of nitrogens with zero attached hydrogens (tertiary/aromatic N) is 3. The highest BCUT2D eigenvalue weighted by molar-refractivity contribution is 5.28. The van der Waals surface area contributed by atoms with Gasteiger partial charge in [-0.15, -0.1) is 0 Å². The minimum Gasteiger partial charge on any atom is -0.338 e. The molecule has 63 valence electrons. The Labute approximate surface area is 71.6 Å². The summed E-state index contributed by atoms with van der Waals surface area (Å²) in [4.78, 5) is 10.4. The zero-order valence-electron chi connectivity index (χ0n) is 6.82. The fraction of sp³-hybridized carbons (Fsp3) is 0.500. The second-order valence-corrected chi connectivity index (χ2v) is 2.72. The Morgan fingerprint density at radius 2 is 1.92 bits per heavy atom. The molecule has 1 saturated heterocycles. The van der Waals surface area contributed by atoms with Crippen molar-refractivity contribution in [3.8, 4) is 0 Å². The van der Waals surface area contributed by atoms with E-state index in [4.69, 9.17) is 0 Å². The number of anilines is 1. The Bertz CT molecular complexity index is 230. The van der Waals surface area contributed by atoms with Crippen LogP contribution in [0.25, 0.3) is 0 Å². The van der Waals surface area contributed by atoms with Crippen molar-refractivity contribution in [1.29, 1.82) is 0 Å². The Balaban J connectivity index is 2.08.